The van der Waals surface area contributed by atoms with Crippen molar-refractivity contribution in [3.63, 3.8) is 0 Å². The van der Waals surface area contributed by atoms with E-state index in [0.717, 1.165) is 25.7 Å². The molecule has 0 bridgehead atoms. The van der Waals surface area contributed by atoms with Crippen LogP contribution in [-0.2, 0) is 9.05 Å². The van der Waals surface area contributed by atoms with Gasteiger partial charge in [-0.25, -0.2) is 8.42 Å². The van der Waals surface area contributed by atoms with Crippen molar-refractivity contribution in [3.8, 4) is 0 Å². The summed E-state index contributed by atoms with van der Waals surface area (Å²) in [6.07, 6.45) is 4.96. The molecule has 2 atom stereocenters. The fraction of sp³-hybridized carbons (Fsp3) is 0.700. The van der Waals surface area contributed by atoms with Gasteiger partial charge < -0.3 is 10.1 Å². The Morgan fingerprint density at radius 1 is 1.53 bits per heavy atom. The van der Waals surface area contributed by atoms with Crippen LogP contribution < -0.4 is 0 Å². The Morgan fingerprint density at radius 2 is 2.21 bits per heavy atom. The summed E-state index contributed by atoms with van der Waals surface area (Å²) in [5, 5.41) is 14.6. The minimum atomic E-state index is -4.16. The van der Waals surface area contributed by atoms with Crippen LogP contribution >= 0.6 is 10.7 Å². The second-order valence-electron chi connectivity index (χ2n) is 4.92. The highest BCUT2D eigenvalue weighted by Crippen LogP contribution is 2.34. The number of aromatic nitrogens is 2. The molecule has 9 heteroatoms. The molecule has 1 saturated carbocycles. The van der Waals surface area contributed by atoms with Gasteiger partial charge in [-0.2, -0.15) is 4.68 Å². The summed E-state index contributed by atoms with van der Waals surface area (Å²) in [4.78, 5) is 9.48. The van der Waals surface area contributed by atoms with Crippen molar-refractivity contribution in [1.82, 2.24) is 9.78 Å². The maximum Gasteiger partial charge on any atom is 0.410 e. The third-order valence-corrected chi connectivity index (χ3v) is 4.71. The first-order valence-corrected chi connectivity index (χ1v) is 8.28. The molecule has 0 saturated heterocycles. The van der Waals surface area contributed by atoms with Crippen LogP contribution in [-0.4, -0.2) is 23.1 Å². The molecule has 19 heavy (non-hydrogen) atoms. The predicted molar refractivity (Wildman–Crippen MR) is 68.6 cm³/mol. The van der Waals surface area contributed by atoms with Gasteiger partial charge in [-0.05, 0) is 23.7 Å². The minimum absolute atomic E-state index is 0.00498. The SMILES string of the molecule is CC1CCCC(n2cc(S(=O)(=O)Cl)c([N+](=O)[O-])n2)C1. The van der Waals surface area contributed by atoms with Crippen LogP contribution in [0.3, 0.4) is 0 Å². The highest BCUT2D eigenvalue weighted by molar-refractivity contribution is 8.13. The number of halogens is 1. The summed E-state index contributed by atoms with van der Waals surface area (Å²) < 4.78 is 24.0. The fourth-order valence-electron chi connectivity index (χ4n) is 2.49. The van der Waals surface area contributed by atoms with Crippen LogP contribution in [0.2, 0.25) is 0 Å². The maximum atomic E-state index is 11.3. The first-order valence-electron chi connectivity index (χ1n) is 5.97. The van der Waals surface area contributed by atoms with E-state index in [1.165, 1.54) is 10.9 Å². The monoisotopic (exact) mass is 307 g/mol. The van der Waals surface area contributed by atoms with E-state index in [1.807, 2.05) is 0 Å². The zero-order chi connectivity index (χ0) is 14.2. The van der Waals surface area contributed by atoms with Gasteiger partial charge in [-0.1, -0.05) is 19.8 Å². The molecular weight excluding hydrogens is 294 g/mol. The van der Waals surface area contributed by atoms with Crippen molar-refractivity contribution < 1.29 is 13.3 Å². The lowest BCUT2D eigenvalue weighted by molar-refractivity contribution is -0.392. The summed E-state index contributed by atoms with van der Waals surface area (Å²) in [7, 11) is 1.04. The standard InChI is InChI=1S/C10H14ClN3O4S/c1-7-3-2-4-8(5-7)13-6-9(19(11,17)18)10(12-13)14(15)16/h6-8H,2-5H2,1H3. The normalized spacial score (nSPS) is 24.3. The average molecular weight is 308 g/mol. The van der Waals surface area contributed by atoms with E-state index in [4.69, 9.17) is 10.7 Å². The van der Waals surface area contributed by atoms with Crippen LogP contribution in [0.25, 0.3) is 0 Å². The van der Waals surface area contributed by atoms with Gasteiger partial charge in [0, 0.05) is 10.7 Å². The van der Waals surface area contributed by atoms with Crippen molar-refractivity contribution in [1.29, 1.82) is 0 Å². The highest BCUT2D eigenvalue weighted by atomic mass is 35.7. The molecule has 0 radical (unpaired) electrons. The van der Waals surface area contributed by atoms with Gasteiger partial charge in [0.15, 0.2) is 0 Å². The smallest absolute Gasteiger partial charge is 0.358 e. The molecule has 1 aliphatic carbocycles. The van der Waals surface area contributed by atoms with E-state index in [-0.39, 0.29) is 6.04 Å². The van der Waals surface area contributed by atoms with Crippen LogP contribution in [0.1, 0.15) is 38.6 Å². The Kier molecular flexibility index (Phi) is 3.82. The molecule has 0 spiro atoms. The lowest BCUT2D eigenvalue weighted by Gasteiger charge is -2.24. The average Bonchev–Trinajstić information content (AvgIpc) is 2.73. The van der Waals surface area contributed by atoms with Crippen molar-refractivity contribution in [3.05, 3.63) is 16.3 Å². The Labute approximate surface area is 115 Å². The van der Waals surface area contributed by atoms with Gasteiger partial charge in [-0.15, -0.1) is 0 Å². The summed E-state index contributed by atoms with van der Waals surface area (Å²) in [5.41, 5.74) is 0. The van der Waals surface area contributed by atoms with Crippen molar-refractivity contribution in [2.24, 2.45) is 5.92 Å². The van der Waals surface area contributed by atoms with Crippen LogP contribution in [0.5, 0.6) is 0 Å². The van der Waals surface area contributed by atoms with E-state index >= 15 is 0 Å². The number of hydrogen-bond acceptors (Lipinski definition) is 5. The number of rotatable bonds is 3. The molecule has 7 nitrogen and oxygen atoms in total. The molecule has 1 heterocycles. The van der Waals surface area contributed by atoms with E-state index in [2.05, 4.69) is 12.0 Å². The van der Waals surface area contributed by atoms with Gasteiger partial charge in [0.2, 0.25) is 4.90 Å². The van der Waals surface area contributed by atoms with E-state index in [0.29, 0.717) is 5.92 Å². The zero-order valence-corrected chi connectivity index (χ0v) is 11.9. The van der Waals surface area contributed by atoms with Crippen molar-refractivity contribution in [2.75, 3.05) is 0 Å². The lowest BCUT2D eigenvalue weighted by atomic mass is 9.87. The van der Waals surface area contributed by atoms with Crippen molar-refractivity contribution in [2.45, 2.75) is 43.5 Å². The zero-order valence-electron chi connectivity index (χ0n) is 10.3. The number of nitrogens with zero attached hydrogens (tertiary/aromatic N) is 3. The van der Waals surface area contributed by atoms with Gasteiger partial charge in [-0.3, -0.25) is 0 Å². The minimum Gasteiger partial charge on any atom is -0.358 e. The van der Waals surface area contributed by atoms with Gasteiger partial charge in [0.1, 0.15) is 0 Å². The first-order chi connectivity index (χ1) is 8.79. The summed E-state index contributed by atoms with van der Waals surface area (Å²) in [6, 6.07) is -0.00498. The molecule has 0 aromatic carbocycles. The molecule has 1 aliphatic rings. The van der Waals surface area contributed by atoms with Gasteiger partial charge in [0.25, 0.3) is 9.05 Å². The second-order valence-corrected chi connectivity index (χ2v) is 7.45. The van der Waals surface area contributed by atoms with E-state index < -0.39 is 24.7 Å². The molecule has 2 unspecified atom stereocenters. The number of nitro groups is 1. The molecule has 1 fully saturated rings. The summed E-state index contributed by atoms with van der Waals surface area (Å²) in [6.45, 7) is 2.10. The molecule has 0 N–H and O–H groups in total. The highest BCUT2D eigenvalue weighted by Gasteiger charge is 2.33. The predicted octanol–water partition coefficient (Wildman–Crippen LogP) is 2.47. The molecule has 1 aromatic rings. The maximum absolute atomic E-state index is 11.3. The number of hydrogen-bond donors (Lipinski definition) is 0. The Hall–Kier alpha value is -1.15. The molecular formula is C10H14ClN3O4S. The van der Waals surface area contributed by atoms with E-state index in [1.54, 1.807) is 0 Å². The Morgan fingerprint density at radius 3 is 2.68 bits per heavy atom. The Bertz CT molecular complexity index is 598. The Balaban J connectivity index is 2.40. The second kappa shape index (κ2) is 5.09. The quantitative estimate of drug-likeness (QED) is 0.485. The topological polar surface area (TPSA) is 95.1 Å². The molecule has 106 valence electrons. The molecule has 0 aliphatic heterocycles. The molecule has 2 rings (SSSR count). The van der Waals surface area contributed by atoms with Crippen LogP contribution in [0, 0.1) is 16.0 Å². The largest absolute Gasteiger partial charge is 0.410 e. The summed E-state index contributed by atoms with van der Waals surface area (Å²) >= 11 is 0. The summed E-state index contributed by atoms with van der Waals surface area (Å²) in [5.74, 6) is -0.203. The third-order valence-electron chi connectivity index (χ3n) is 3.40. The van der Waals surface area contributed by atoms with Gasteiger partial charge in [0.05, 0.1) is 17.3 Å². The molecule has 1 aromatic heterocycles. The van der Waals surface area contributed by atoms with Crippen molar-refractivity contribution >= 4 is 25.6 Å². The lowest BCUT2D eigenvalue weighted by Crippen LogP contribution is -2.18. The first kappa shape index (κ1) is 14.3. The molecule has 0 amide bonds. The third kappa shape index (κ3) is 3.06. The van der Waals surface area contributed by atoms with Crippen LogP contribution in [0.4, 0.5) is 5.82 Å². The van der Waals surface area contributed by atoms with E-state index in [9.17, 15) is 18.5 Å². The van der Waals surface area contributed by atoms with Crippen LogP contribution in [0.15, 0.2) is 11.1 Å². The van der Waals surface area contributed by atoms with Gasteiger partial charge >= 0.3 is 5.82 Å². The fourth-order valence-corrected chi connectivity index (χ4v) is 3.39.